The average Bonchev–Trinajstić information content (AvgIpc) is 3.18. The second kappa shape index (κ2) is 5.38. The maximum Gasteiger partial charge on any atom is 0.302 e. The Hall–Kier alpha value is -1.74. The van der Waals surface area contributed by atoms with Crippen LogP contribution in [0.4, 0.5) is 5.69 Å². The maximum absolute atomic E-state index is 13.0. The van der Waals surface area contributed by atoms with Crippen LogP contribution in [0.3, 0.4) is 0 Å². The van der Waals surface area contributed by atoms with Crippen molar-refractivity contribution >= 4 is 46.1 Å². The Morgan fingerprint density at radius 3 is 2.79 bits per heavy atom. The van der Waals surface area contributed by atoms with E-state index in [-0.39, 0.29) is 18.4 Å². The molecular formula is C17H14INO5. The molecule has 6 nitrogen and oxygen atoms in total. The molecule has 2 saturated heterocycles. The first-order chi connectivity index (χ1) is 11.4. The Kier molecular flexibility index (Phi) is 3.54. The van der Waals surface area contributed by atoms with E-state index in [1.807, 2.05) is 12.1 Å². The first kappa shape index (κ1) is 15.8. The second-order valence-corrected chi connectivity index (χ2v) is 7.31. The number of para-hydroxylation sites is 1. The molecule has 2 fully saturated rings. The van der Waals surface area contributed by atoms with Crippen molar-refractivity contribution in [3.8, 4) is 0 Å². The van der Waals surface area contributed by atoms with Crippen molar-refractivity contribution in [3.05, 3.63) is 40.0 Å². The summed E-state index contributed by atoms with van der Waals surface area (Å²) in [7, 11) is 0. The molecule has 1 aromatic carbocycles. The van der Waals surface area contributed by atoms with Crippen LogP contribution in [0.5, 0.6) is 0 Å². The molecule has 0 radical (unpaired) electrons. The van der Waals surface area contributed by atoms with Gasteiger partial charge < -0.3 is 9.47 Å². The zero-order valence-corrected chi connectivity index (χ0v) is 14.9. The third kappa shape index (κ3) is 2.07. The van der Waals surface area contributed by atoms with Crippen LogP contribution in [0.25, 0.3) is 0 Å². The summed E-state index contributed by atoms with van der Waals surface area (Å²) < 4.78 is 11.8. The number of esters is 1. The lowest BCUT2D eigenvalue weighted by Crippen LogP contribution is -2.44. The van der Waals surface area contributed by atoms with E-state index < -0.39 is 29.5 Å². The van der Waals surface area contributed by atoms with E-state index in [2.05, 4.69) is 22.6 Å². The van der Waals surface area contributed by atoms with Gasteiger partial charge in [0, 0.05) is 10.5 Å². The summed E-state index contributed by atoms with van der Waals surface area (Å²) >= 11 is 2.11. The van der Waals surface area contributed by atoms with Gasteiger partial charge in [-0.1, -0.05) is 18.2 Å². The number of hydrogen-bond acceptors (Lipinski definition) is 5. The van der Waals surface area contributed by atoms with Gasteiger partial charge in [-0.15, -0.1) is 0 Å². The minimum Gasteiger partial charge on any atom is -0.462 e. The Balaban J connectivity index is 1.72. The van der Waals surface area contributed by atoms with Crippen molar-refractivity contribution in [2.45, 2.75) is 18.6 Å². The first-order valence-corrected chi connectivity index (χ1v) is 8.65. The molecule has 0 aliphatic carbocycles. The average molecular weight is 439 g/mol. The number of imide groups is 1. The van der Waals surface area contributed by atoms with Crippen molar-refractivity contribution in [3.63, 3.8) is 0 Å². The Labute approximate surface area is 151 Å². The summed E-state index contributed by atoms with van der Waals surface area (Å²) in [5.74, 6) is -2.22. The largest absolute Gasteiger partial charge is 0.462 e. The van der Waals surface area contributed by atoms with Gasteiger partial charge in [0.15, 0.2) is 0 Å². The van der Waals surface area contributed by atoms with Crippen molar-refractivity contribution < 1.29 is 23.9 Å². The van der Waals surface area contributed by atoms with E-state index in [0.717, 1.165) is 3.57 Å². The standard InChI is InChI=1S/C17H14INO5/c1-9(20)23-8-17-7-6-12(24-17)13-14(17)16(22)19(15(13)21)11-5-3-2-4-10(11)18/h2-7,12-14H,8H2,1H3/t12-,13-,14-,17-/m1/s1. The van der Waals surface area contributed by atoms with E-state index in [1.165, 1.54) is 11.8 Å². The predicted molar refractivity (Wildman–Crippen MR) is 92.0 cm³/mol. The Bertz CT molecular complexity index is 791. The highest BCUT2D eigenvalue weighted by atomic mass is 127. The van der Waals surface area contributed by atoms with Gasteiger partial charge in [-0.3, -0.25) is 14.4 Å². The van der Waals surface area contributed by atoms with Crippen molar-refractivity contribution in [2.24, 2.45) is 11.8 Å². The number of carbonyl (C=O) groups excluding carboxylic acids is 3. The number of anilines is 1. The van der Waals surface area contributed by atoms with Crippen LogP contribution in [-0.2, 0) is 23.9 Å². The lowest BCUT2D eigenvalue weighted by Gasteiger charge is -2.28. The molecule has 1 aromatic rings. The van der Waals surface area contributed by atoms with Gasteiger partial charge in [-0.05, 0) is 40.8 Å². The van der Waals surface area contributed by atoms with E-state index in [4.69, 9.17) is 9.47 Å². The summed E-state index contributed by atoms with van der Waals surface area (Å²) in [6.07, 6.45) is 3.09. The number of hydrogen-bond donors (Lipinski definition) is 0. The molecule has 0 aromatic heterocycles. The monoisotopic (exact) mass is 439 g/mol. The molecule has 24 heavy (non-hydrogen) atoms. The molecule has 3 aliphatic heterocycles. The SMILES string of the molecule is CC(=O)OC[C@@]12C=C[C@@H](O1)[C@H]1C(=O)N(c3ccccc3I)C(=O)[C@@H]12. The summed E-state index contributed by atoms with van der Waals surface area (Å²) in [6.45, 7) is 1.24. The van der Waals surface area contributed by atoms with Crippen LogP contribution >= 0.6 is 22.6 Å². The van der Waals surface area contributed by atoms with Gasteiger partial charge in [0.25, 0.3) is 0 Å². The molecule has 0 unspecified atom stereocenters. The van der Waals surface area contributed by atoms with Crippen LogP contribution < -0.4 is 4.90 Å². The maximum atomic E-state index is 13.0. The molecule has 3 aliphatic rings. The number of amides is 2. The molecule has 4 rings (SSSR count). The van der Waals surface area contributed by atoms with Crippen molar-refractivity contribution in [2.75, 3.05) is 11.5 Å². The molecule has 2 amide bonds. The molecule has 4 atom stereocenters. The molecular weight excluding hydrogens is 425 g/mol. The van der Waals surface area contributed by atoms with Crippen LogP contribution in [0.15, 0.2) is 36.4 Å². The summed E-state index contributed by atoms with van der Waals surface area (Å²) in [6, 6.07) is 7.26. The molecule has 3 heterocycles. The number of ether oxygens (including phenoxy) is 2. The topological polar surface area (TPSA) is 72.9 Å². The number of fused-ring (bicyclic) bond motifs is 5. The lowest BCUT2D eigenvalue weighted by molar-refractivity contribution is -0.150. The first-order valence-electron chi connectivity index (χ1n) is 7.57. The highest BCUT2D eigenvalue weighted by Gasteiger charge is 2.68. The fraction of sp³-hybridized carbons (Fsp3) is 0.353. The second-order valence-electron chi connectivity index (χ2n) is 6.14. The quantitative estimate of drug-likeness (QED) is 0.310. The van der Waals surface area contributed by atoms with E-state index in [9.17, 15) is 14.4 Å². The summed E-state index contributed by atoms with van der Waals surface area (Å²) in [5.41, 5.74) is -0.451. The zero-order chi connectivity index (χ0) is 17.1. The van der Waals surface area contributed by atoms with E-state index in [0.29, 0.717) is 5.69 Å². The van der Waals surface area contributed by atoms with Crippen LogP contribution in [0.1, 0.15) is 6.92 Å². The highest BCUT2D eigenvalue weighted by Crippen LogP contribution is 2.52. The third-order valence-electron chi connectivity index (χ3n) is 4.75. The number of nitrogens with zero attached hydrogens (tertiary/aromatic N) is 1. The molecule has 7 heteroatoms. The third-order valence-corrected chi connectivity index (χ3v) is 5.66. The fourth-order valence-electron chi connectivity index (χ4n) is 3.75. The molecule has 0 spiro atoms. The molecule has 2 bridgehead atoms. The van der Waals surface area contributed by atoms with E-state index in [1.54, 1.807) is 24.3 Å². The van der Waals surface area contributed by atoms with Crippen LogP contribution in [0.2, 0.25) is 0 Å². The smallest absolute Gasteiger partial charge is 0.302 e. The molecule has 124 valence electrons. The fourth-order valence-corrected chi connectivity index (χ4v) is 4.38. The summed E-state index contributed by atoms with van der Waals surface area (Å²) in [5, 5.41) is 0. The van der Waals surface area contributed by atoms with Crippen molar-refractivity contribution in [1.82, 2.24) is 0 Å². The number of benzene rings is 1. The predicted octanol–water partition coefficient (Wildman–Crippen LogP) is 1.67. The van der Waals surface area contributed by atoms with Gasteiger partial charge in [0.1, 0.15) is 12.2 Å². The Morgan fingerprint density at radius 2 is 2.08 bits per heavy atom. The van der Waals surface area contributed by atoms with Gasteiger partial charge in [0.2, 0.25) is 11.8 Å². The molecule has 0 saturated carbocycles. The molecule has 0 N–H and O–H groups in total. The number of halogens is 1. The van der Waals surface area contributed by atoms with Crippen LogP contribution in [0, 0.1) is 15.4 Å². The van der Waals surface area contributed by atoms with E-state index >= 15 is 0 Å². The van der Waals surface area contributed by atoms with Gasteiger partial charge >= 0.3 is 5.97 Å². The number of carbonyl (C=O) groups is 3. The van der Waals surface area contributed by atoms with Gasteiger partial charge in [-0.2, -0.15) is 0 Å². The highest BCUT2D eigenvalue weighted by molar-refractivity contribution is 14.1. The normalized spacial score (nSPS) is 33.2. The van der Waals surface area contributed by atoms with Gasteiger partial charge in [0.05, 0.1) is 23.6 Å². The minimum atomic E-state index is -1.04. The van der Waals surface area contributed by atoms with Gasteiger partial charge in [-0.25, -0.2) is 4.90 Å². The van der Waals surface area contributed by atoms with Crippen molar-refractivity contribution in [1.29, 1.82) is 0 Å². The minimum absolute atomic E-state index is 0.0603. The lowest BCUT2D eigenvalue weighted by atomic mass is 9.77. The summed E-state index contributed by atoms with van der Waals surface area (Å²) in [4.78, 5) is 38.4. The zero-order valence-electron chi connectivity index (χ0n) is 12.8. The van der Waals surface area contributed by atoms with Crippen LogP contribution in [-0.4, -0.2) is 36.1 Å². The number of rotatable bonds is 3. The Morgan fingerprint density at radius 1 is 1.33 bits per heavy atom.